The number of halogens is 2. The first-order valence-electron chi connectivity index (χ1n) is 8.45. The molecule has 2 nitrogen and oxygen atoms in total. The zero-order chi connectivity index (χ0) is 19.1. The average Bonchev–Trinajstić information content (AvgIpc) is 2.69. The summed E-state index contributed by atoms with van der Waals surface area (Å²) in [4.78, 5) is 14.3. The molecule has 0 heterocycles. The molecule has 0 aliphatic heterocycles. The number of Topliss-reactive ketones (excluding diaryl/α,β-unsaturated/α-hetero) is 1. The van der Waals surface area contributed by atoms with Crippen molar-refractivity contribution in [1.29, 1.82) is 0 Å². The van der Waals surface area contributed by atoms with E-state index in [1.165, 1.54) is 5.56 Å². The van der Waals surface area contributed by atoms with Gasteiger partial charge >= 0.3 is 0 Å². The highest BCUT2D eigenvalue weighted by Gasteiger charge is 2.07. The van der Waals surface area contributed by atoms with Crippen LogP contribution in [0.1, 0.15) is 15.9 Å². The number of hydrogen-bond acceptors (Lipinski definition) is 2. The van der Waals surface area contributed by atoms with Gasteiger partial charge in [0, 0.05) is 27.8 Å². The van der Waals surface area contributed by atoms with E-state index in [1.54, 1.807) is 24.3 Å². The van der Waals surface area contributed by atoms with Crippen molar-refractivity contribution in [3.8, 4) is 11.8 Å². The van der Waals surface area contributed by atoms with E-state index >= 15 is 0 Å². The van der Waals surface area contributed by atoms with Crippen molar-refractivity contribution in [2.75, 3.05) is 11.4 Å². The Morgan fingerprint density at radius 2 is 1.41 bits per heavy atom. The first-order chi connectivity index (χ1) is 13.1. The minimum atomic E-state index is -0.220. The van der Waals surface area contributed by atoms with Crippen LogP contribution in [-0.2, 0) is 6.54 Å². The minimum absolute atomic E-state index is 0.220. The molecule has 0 atom stereocenters. The molecule has 0 aliphatic rings. The van der Waals surface area contributed by atoms with Crippen molar-refractivity contribution in [2.24, 2.45) is 0 Å². The third kappa shape index (κ3) is 5.62. The van der Waals surface area contributed by atoms with E-state index in [9.17, 15) is 4.79 Å². The predicted molar refractivity (Wildman–Crippen MR) is 113 cm³/mol. The number of ketones is 1. The Balaban J connectivity index is 1.76. The lowest BCUT2D eigenvalue weighted by Gasteiger charge is -2.22. The van der Waals surface area contributed by atoms with Crippen LogP contribution in [0.5, 0.6) is 0 Å². The summed E-state index contributed by atoms with van der Waals surface area (Å²) < 4.78 is 0. The highest BCUT2D eigenvalue weighted by atomic mass is 35.5. The van der Waals surface area contributed by atoms with Gasteiger partial charge < -0.3 is 4.90 Å². The molecule has 134 valence electrons. The second-order valence-corrected chi connectivity index (χ2v) is 6.83. The van der Waals surface area contributed by atoms with Gasteiger partial charge in [-0.1, -0.05) is 59.5 Å². The second-order valence-electron chi connectivity index (χ2n) is 5.96. The van der Waals surface area contributed by atoms with Gasteiger partial charge in [-0.05, 0) is 60.0 Å². The van der Waals surface area contributed by atoms with Gasteiger partial charge in [0.15, 0.2) is 0 Å². The average molecular weight is 394 g/mol. The Kier molecular flexibility index (Phi) is 6.54. The minimum Gasteiger partial charge on any atom is -0.356 e. The molecule has 0 aliphatic carbocycles. The zero-order valence-electron chi connectivity index (χ0n) is 14.5. The molecule has 0 unspecified atom stereocenters. The molecule has 0 amide bonds. The quantitative estimate of drug-likeness (QED) is 0.306. The summed E-state index contributed by atoms with van der Waals surface area (Å²) in [5.41, 5.74) is 2.70. The Morgan fingerprint density at radius 3 is 2.04 bits per heavy atom. The number of anilines is 1. The fraction of sp³-hybridized carbons (Fsp3) is 0.0870. The normalized spacial score (nSPS) is 10.0. The predicted octanol–water partition coefficient (Wildman–Crippen LogP) is 5.89. The van der Waals surface area contributed by atoms with Crippen LogP contribution in [0.3, 0.4) is 0 Å². The topological polar surface area (TPSA) is 20.3 Å². The molecule has 0 aromatic heterocycles. The number of carbonyl (C=O) groups excluding carboxylic acids is 1. The monoisotopic (exact) mass is 393 g/mol. The third-order valence-corrected chi connectivity index (χ3v) is 4.49. The lowest BCUT2D eigenvalue weighted by Crippen LogP contribution is -2.23. The zero-order valence-corrected chi connectivity index (χ0v) is 16.0. The highest BCUT2D eigenvalue weighted by Crippen LogP contribution is 2.20. The van der Waals surface area contributed by atoms with Gasteiger partial charge in [-0.2, -0.15) is 0 Å². The summed E-state index contributed by atoms with van der Waals surface area (Å²) in [6, 6.07) is 24.5. The van der Waals surface area contributed by atoms with E-state index in [2.05, 4.69) is 28.9 Å². The van der Waals surface area contributed by atoms with E-state index in [0.29, 0.717) is 28.7 Å². The summed E-state index contributed by atoms with van der Waals surface area (Å²) in [6.45, 7) is 1.11. The Hall–Kier alpha value is -2.73. The van der Waals surface area contributed by atoms with Gasteiger partial charge in [0.05, 0.1) is 6.54 Å². The number of carbonyl (C=O) groups is 1. The van der Waals surface area contributed by atoms with Crippen molar-refractivity contribution in [3.05, 3.63) is 100 Å². The first kappa shape index (κ1) is 19.0. The third-order valence-electron chi connectivity index (χ3n) is 3.99. The Bertz CT molecular complexity index is 955. The fourth-order valence-corrected chi connectivity index (χ4v) is 2.83. The Morgan fingerprint density at radius 1 is 0.815 bits per heavy atom. The van der Waals surface area contributed by atoms with Crippen LogP contribution >= 0.6 is 23.2 Å². The number of rotatable bonds is 5. The lowest BCUT2D eigenvalue weighted by atomic mass is 10.1. The van der Waals surface area contributed by atoms with Crippen LogP contribution < -0.4 is 4.90 Å². The van der Waals surface area contributed by atoms with E-state index < -0.39 is 0 Å². The van der Waals surface area contributed by atoms with E-state index in [4.69, 9.17) is 23.2 Å². The van der Waals surface area contributed by atoms with Crippen LogP contribution in [-0.4, -0.2) is 12.3 Å². The van der Waals surface area contributed by atoms with Crippen LogP contribution in [0, 0.1) is 11.8 Å². The maximum atomic E-state index is 12.2. The van der Waals surface area contributed by atoms with E-state index in [1.807, 2.05) is 42.5 Å². The molecule has 0 saturated carbocycles. The maximum absolute atomic E-state index is 12.2. The van der Waals surface area contributed by atoms with Crippen LogP contribution in [0.25, 0.3) is 0 Å². The summed E-state index contributed by atoms with van der Waals surface area (Å²) in [5.74, 6) is 5.49. The standard InChI is InChI=1S/C23H17Cl2NO/c24-20-10-8-19(9-11-20)23(27)7-4-16-26(17-18-5-2-1-3-6-18)22-14-12-21(25)13-15-22/h1-3,5-6,8-15H,16-17H2. The van der Waals surface area contributed by atoms with Crippen LogP contribution in [0.15, 0.2) is 78.9 Å². The molecule has 0 saturated heterocycles. The van der Waals surface area contributed by atoms with Crippen molar-refractivity contribution in [2.45, 2.75) is 6.54 Å². The molecule has 0 bridgehead atoms. The van der Waals surface area contributed by atoms with Crippen molar-refractivity contribution >= 4 is 34.7 Å². The van der Waals surface area contributed by atoms with Gasteiger partial charge in [0.25, 0.3) is 0 Å². The highest BCUT2D eigenvalue weighted by molar-refractivity contribution is 6.31. The van der Waals surface area contributed by atoms with Gasteiger partial charge in [0.2, 0.25) is 5.78 Å². The summed E-state index contributed by atoms with van der Waals surface area (Å²) in [6.07, 6.45) is 0. The molecular weight excluding hydrogens is 377 g/mol. The second kappa shape index (κ2) is 9.28. The molecule has 3 aromatic rings. The number of nitrogens with zero attached hydrogens (tertiary/aromatic N) is 1. The lowest BCUT2D eigenvalue weighted by molar-refractivity contribution is 0.105. The molecule has 3 aromatic carbocycles. The molecule has 0 fully saturated rings. The SMILES string of the molecule is O=C(C#CCN(Cc1ccccc1)c1ccc(Cl)cc1)c1ccc(Cl)cc1. The van der Waals surface area contributed by atoms with Crippen molar-refractivity contribution < 1.29 is 4.79 Å². The number of benzene rings is 3. The fourth-order valence-electron chi connectivity index (χ4n) is 2.58. The summed E-state index contributed by atoms with van der Waals surface area (Å²) in [5, 5.41) is 1.28. The molecule has 0 radical (unpaired) electrons. The van der Waals surface area contributed by atoms with Crippen LogP contribution in [0.4, 0.5) is 5.69 Å². The smallest absolute Gasteiger partial charge is 0.235 e. The molecule has 0 spiro atoms. The molecule has 4 heteroatoms. The van der Waals surface area contributed by atoms with Gasteiger partial charge in [0.1, 0.15) is 0 Å². The maximum Gasteiger partial charge on any atom is 0.235 e. The first-order valence-corrected chi connectivity index (χ1v) is 9.20. The van der Waals surface area contributed by atoms with Crippen LogP contribution in [0.2, 0.25) is 10.0 Å². The summed E-state index contributed by atoms with van der Waals surface area (Å²) >= 11 is 11.9. The summed E-state index contributed by atoms with van der Waals surface area (Å²) in [7, 11) is 0. The molecular formula is C23H17Cl2NO. The van der Waals surface area contributed by atoms with Crippen molar-refractivity contribution in [1.82, 2.24) is 0 Å². The molecule has 27 heavy (non-hydrogen) atoms. The molecule has 3 rings (SSSR count). The largest absolute Gasteiger partial charge is 0.356 e. The van der Waals surface area contributed by atoms with E-state index in [0.717, 1.165) is 5.69 Å². The van der Waals surface area contributed by atoms with E-state index in [-0.39, 0.29) is 5.78 Å². The van der Waals surface area contributed by atoms with Gasteiger partial charge in [-0.25, -0.2) is 0 Å². The molecule has 0 N–H and O–H groups in total. The Labute approximate surface area is 169 Å². The van der Waals surface area contributed by atoms with Gasteiger partial charge in [-0.15, -0.1) is 0 Å². The van der Waals surface area contributed by atoms with Gasteiger partial charge in [-0.3, -0.25) is 4.79 Å². The van der Waals surface area contributed by atoms with Crippen molar-refractivity contribution in [3.63, 3.8) is 0 Å². The number of hydrogen-bond donors (Lipinski definition) is 0.